The lowest BCUT2D eigenvalue weighted by atomic mass is 9.87. The highest BCUT2D eigenvalue weighted by Crippen LogP contribution is 2.22. The van der Waals surface area contributed by atoms with Gasteiger partial charge in [-0.25, -0.2) is 8.42 Å². The van der Waals surface area contributed by atoms with Gasteiger partial charge in [-0.1, -0.05) is 45.0 Å². The first kappa shape index (κ1) is 16.7. The standard InChI is InChI=1S/C17H23NO3S/c1-17(2,3)14-7-4-13(5-8-14)6-9-16(19)18-15-10-11-22(20,21)12-15/h4-9,15H,10-12H2,1-3H3,(H,18,19)/b9-6+/t15-/m1/s1. The summed E-state index contributed by atoms with van der Waals surface area (Å²) in [5.74, 6) is -0.0371. The van der Waals surface area contributed by atoms with Gasteiger partial charge in [0.15, 0.2) is 9.84 Å². The first-order chi connectivity index (χ1) is 10.2. The van der Waals surface area contributed by atoms with Crippen LogP contribution in [0.4, 0.5) is 0 Å². The van der Waals surface area contributed by atoms with E-state index in [2.05, 4.69) is 38.2 Å². The van der Waals surface area contributed by atoms with Crippen LogP contribution < -0.4 is 5.32 Å². The second kappa shape index (κ2) is 6.24. The molecule has 0 aromatic heterocycles. The fourth-order valence-corrected chi connectivity index (χ4v) is 4.10. The number of nitrogens with one attached hydrogen (secondary N) is 1. The molecule has 1 N–H and O–H groups in total. The van der Waals surface area contributed by atoms with Crippen molar-refractivity contribution in [2.75, 3.05) is 11.5 Å². The van der Waals surface area contributed by atoms with Gasteiger partial charge in [0.1, 0.15) is 0 Å². The third-order valence-electron chi connectivity index (χ3n) is 3.78. The van der Waals surface area contributed by atoms with E-state index in [9.17, 15) is 13.2 Å². The number of benzene rings is 1. The molecule has 0 saturated carbocycles. The van der Waals surface area contributed by atoms with Gasteiger partial charge in [0, 0.05) is 12.1 Å². The van der Waals surface area contributed by atoms with Crippen LogP contribution in [0.3, 0.4) is 0 Å². The van der Waals surface area contributed by atoms with Crippen LogP contribution in [0.15, 0.2) is 30.3 Å². The first-order valence-electron chi connectivity index (χ1n) is 7.45. The summed E-state index contributed by atoms with van der Waals surface area (Å²) >= 11 is 0. The minimum absolute atomic E-state index is 0.0485. The van der Waals surface area contributed by atoms with Crippen LogP contribution in [0.25, 0.3) is 6.08 Å². The van der Waals surface area contributed by atoms with Crippen LogP contribution >= 0.6 is 0 Å². The molecular formula is C17H23NO3S. The van der Waals surface area contributed by atoms with Crippen LogP contribution in [0.5, 0.6) is 0 Å². The molecule has 0 spiro atoms. The Kier molecular flexibility index (Phi) is 4.75. The molecule has 22 heavy (non-hydrogen) atoms. The second-order valence-electron chi connectivity index (χ2n) is 6.81. The van der Waals surface area contributed by atoms with Gasteiger partial charge in [-0.05, 0) is 29.0 Å². The highest BCUT2D eigenvalue weighted by Gasteiger charge is 2.28. The van der Waals surface area contributed by atoms with Gasteiger partial charge in [-0.2, -0.15) is 0 Å². The average molecular weight is 321 g/mol. The molecule has 1 heterocycles. The molecule has 1 saturated heterocycles. The normalized spacial score (nSPS) is 21.1. The Balaban J connectivity index is 1.93. The molecule has 0 unspecified atom stereocenters. The summed E-state index contributed by atoms with van der Waals surface area (Å²) in [5, 5.41) is 2.74. The van der Waals surface area contributed by atoms with E-state index in [-0.39, 0.29) is 28.9 Å². The lowest BCUT2D eigenvalue weighted by Crippen LogP contribution is -2.34. The molecule has 0 radical (unpaired) electrons. The van der Waals surface area contributed by atoms with E-state index >= 15 is 0 Å². The minimum atomic E-state index is -2.97. The molecule has 1 aliphatic rings. The van der Waals surface area contributed by atoms with Crippen molar-refractivity contribution in [3.63, 3.8) is 0 Å². The van der Waals surface area contributed by atoms with Gasteiger partial charge in [0.25, 0.3) is 0 Å². The third kappa shape index (κ3) is 4.70. The monoisotopic (exact) mass is 321 g/mol. The molecule has 1 fully saturated rings. The fourth-order valence-electron chi connectivity index (χ4n) is 2.42. The zero-order valence-electron chi connectivity index (χ0n) is 13.3. The minimum Gasteiger partial charge on any atom is -0.349 e. The lowest BCUT2D eigenvalue weighted by Gasteiger charge is -2.18. The predicted molar refractivity (Wildman–Crippen MR) is 89.4 cm³/mol. The maximum absolute atomic E-state index is 11.8. The molecule has 1 atom stereocenters. The average Bonchev–Trinajstić information content (AvgIpc) is 2.75. The van der Waals surface area contributed by atoms with Gasteiger partial charge < -0.3 is 5.32 Å². The van der Waals surface area contributed by atoms with Crippen molar-refractivity contribution in [1.82, 2.24) is 5.32 Å². The van der Waals surface area contributed by atoms with Gasteiger partial charge in [-0.3, -0.25) is 4.79 Å². The molecule has 1 aromatic rings. The van der Waals surface area contributed by atoms with Crippen molar-refractivity contribution >= 4 is 21.8 Å². The van der Waals surface area contributed by atoms with Crippen LogP contribution in [0, 0.1) is 0 Å². The molecule has 5 heteroatoms. The summed E-state index contributed by atoms with van der Waals surface area (Å²) in [6, 6.07) is 7.81. The maximum atomic E-state index is 11.8. The molecule has 4 nitrogen and oxygen atoms in total. The van der Waals surface area contributed by atoms with Gasteiger partial charge >= 0.3 is 0 Å². The molecule has 1 aromatic carbocycles. The largest absolute Gasteiger partial charge is 0.349 e. The van der Waals surface area contributed by atoms with Crippen molar-refractivity contribution in [3.8, 4) is 0 Å². The van der Waals surface area contributed by atoms with E-state index in [1.807, 2.05) is 12.1 Å². The Morgan fingerprint density at radius 2 is 1.86 bits per heavy atom. The number of carbonyl (C=O) groups is 1. The topological polar surface area (TPSA) is 63.2 Å². The quantitative estimate of drug-likeness (QED) is 0.869. The number of carbonyl (C=O) groups excluding carboxylic acids is 1. The number of rotatable bonds is 3. The Hall–Kier alpha value is -1.62. The smallest absolute Gasteiger partial charge is 0.244 e. The molecule has 1 aliphatic heterocycles. The Morgan fingerprint density at radius 3 is 2.36 bits per heavy atom. The van der Waals surface area contributed by atoms with E-state index in [0.29, 0.717) is 6.42 Å². The number of hydrogen-bond acceptors (Lipinski definition) is 3. The zero-order chi connectivity index (χ0) is 16.4. The Bertz CT molecular complexity index is 667. The van der Waals surface area contributed by atoms with Crippen LogP contribution in [-0.2, 0) is 20.0 Å². The van der Waals surface area contributed by atoms with Crippen LogP contribution in [-0.4, -0.2) is 31.9 Å². The Morgan fingerprint density at radius 1 is 1.23 bits per heavy atom. The molecule has 120 valence electrons. The highest BCUT2D eigenvalue weighted by molar-refractivity contribution is 7.91. The van der Waals surface area contributed by atoms with Crippen molar-refractivity contribution in [3.05, 3.63) is 41.5 Å². The van der Waals surface area contributed by atoms with E-state index in [0.717, 1.165) is 5.56 Å². The van der Waals surface area contributed by atoms with Crippen molar-refractivity contribution in [1.29, 1.82) is 0 Å². The summed E-state index contributed by atoms with van der Waals surface area (Å²) in [6.07, 6.45) is 3.70. The van der Waals surface area contributed by atoms with Gasteiger partial charge in [0.05, 0.1) is 11.5 Å². The van der Waals surface area contributed by atoms with Crippen LogP contribution in [0.1, 0.15) is 38.3 Å². The number of hydrogen-bond donors (Lipinski definition) is 1. The van der Waals surface area contributed by atoms with Gasteiger partial charge in [-0.15, -0.1) is 0 Å². The van der Waals surface area contributed by atoms with Crippen molar-refractivity contribution < 1.29 is 13.2 Å². The lowest BCUT2D eigenvalue weighted by molar-refractivity contribution is -0.116. The molecule has 0 aliphatic carbocycles. The van der Waals surface area contributed by atoms with E-state index in [1.165, 1.54) is 11.6 Å². The molecule has 2 rings (SSSR count). The zero-order valence-corrected chi connectivity index (χ0v) is 14.1. The van der Waals surface area contributed by atoms with Crippen LogP contribution in [0.2, 0.25) is 0 Å². The summed E-state index contributed by atoms with van der Waals surface area (Å²) in [5.41, 5.74) is 2.29. The van der Waals surface area contributed by atoms with E-state index in [4.69, 9.17) is 0 Å². The summed E-state index contributed by atoms with van der Waals surface area (Å²) < 4.78 is 22.7. The number of amides is 1. The fraction of sp³-hybridized carbons (Fsp3) is 0.471. The maximum Gasteiger partial charge on any atom is 0.244 e. The summed E-state index contributed by atoms with van der Waals surface area (Å²) in [7, 11) is -2.97. The summed E-state index contributed by atoms with van der Waals surface area (Å²) in [4.78, 5) is 11.8. The Labute approximate surface area is 132 Å². The third-order valence-corrected chi connectivity index (χ3v) is 5.55. The van der Waals surface area contributed by atoms with Gasteiger partial charge in [0.2, 0.25) is 5.91 Å². The van der Waals surface area contributed by atoms with E-state index in [1.54, 1.807) is 6.08 Å². The second-order valence-corrected chi connectivity index (χ2v) is 9.04. The van der Waals surface area contributed by atoms with Crippen molar-refractivity contribution in [2.24, 2.45) is 0 Å². The van der Waals surface area contributed by atoms with E-state index < -0.39 is 9.84 Å². The number of sulfone groups is 1. The first-order valence-corrected chi connectivity index (χ1v) is 9.27. The molecule has 0 bridgehead atoms. The highest BCUT2D eigenvalue weighted by atomic mass is 32.2. The molecular weight excluding hydrogens is 298 g/mol. The SMILES string of the molecule is CC(C)(C)c1ccc(/C=C/C(=O)N[C@@H]2CCS(=O)(=O)C2)cc1. The predicted octanol–water partition coefficient (Wildman–Crippen LogP) is 2.30. The summed E-state index contributed by atoms with van der Waals surface area (Å²) in [6.45, 7) is 6.46. The molecule has 1 amide bonds. The van der Waals surface area contributed by atoms with Crippen molar-refractivity contribution in [2.45, 2.75) is 38.6 Å².